The molecule has 0 radical (unpaired) electrons. The van der Waals surface area contributed by atoms with Gasteiger partial charge in [0, 0.05) is 49.2 Å². The van der Waals surface area contributed by atoms with Crippen molar-refractivity contribution in [2.45, 2.75) is 129 Å². The minimum atomic E-state index is -2.70. The summed E-state index contributed by atoms with van der Waals surface area (Å²) in [7, 11) is 0. The maximum atomic E-state index is 13.6. The maximum Gasteiger partial charge on any atom is 0.408 e. The van der Waals surface area contributed by atoms with Gasteiger partial charge in [-0.2, -0.15) is 0 Å². The zero-order valence-electron chi connectivity index (χ0n) is 32.8. The van der Waals surface area contributed by atoms with E-state index in [2.05, 4.69) is 20.6 Å². The molecule has 2 saturated carbocycles. The van der Waals surface area contributed by atoms with E-state index in [0.717, 1.165) is 22.3 Å². The molecule has 56 heavy (non-hydrogen) atoms. The first-order valence-corrected chi connectivity index (χ1v) is 19.3. The van der Waals surface area contributed by atoms with Gasteiger partial charge in [0.25, 0.3) is 0 Å². The summed E-state index contributed by atoms with van der Waals surface area (Å²) in [6.07, 6.45) is 0.553. The topological polar surface area (TPSA) is 134 Å². The van der Waals surface area contributed by atoms with Crippen LogP contribution in [0.15, 0.2) is 60.9 Å². The van der Waals surface area contributed by atoms with E-state index < -0.39 is 59.2 Å². The van der Waals surface area contributed by atoms with Gasteiger partial charge in [-0.05, 0) is 47.6 Å². The number of rotatable bonds is 9. The molecule has 302 valence electrons. The van der Waals surface area contributed by atoms with Gasteiger partial charge in [0.2, 0.25) is 11.8 Å². The third-order valence-electron chi connectivity index (χ3n) is 10.6. The lowest BCUT2D eigenvalue weighted by Gasteiger charge is -2.32. The SMILES string of the molecule is CC(C)(C)[C@H](NC(=O)OC1CCC(F)(F)CC1)c1nc(-c2ccc(-c3ccc(-c4c[nH]c([C@@H](NC(=O)OC5CCC(F)(F)CC5)C(C)(C)C)n4)cc3)cc2)c[nH]1. The van der Waals surface area contributed by atoms with Crippen LogP contribution in [0.1, 0.15) is 117 Å². The Kier molecular flexibility index (Phi) is 11.6. The molecule has 2 aliphatic rings. The van der Waals surface area contributed by atoms with Crippen LogP contribution in [-0.2, 0) is 9.47 Å². The second-order valence-electron chi connectivity index (χ2n) is 17.3. The molecule has 14 heteroatoms. The molecule has 2 heterocycles. The zero-order chi connectivity index (χ0) is 40.5. The molecular formula is C42H52F4N6O4. The standard InChI is InChI=1S/C42H52F4N6O4/c1-39(2,3)33(51-37(53)55-29-15-19-41(43,44)20-16-29)35-47-23-31(49-35)27-11-7-25(8-12-27)26-9-13-28(14-10-26)32-24-48-36(50-32)34(40(4,5)6)52-38(54)56-30-17-21-42(45,46)22-18-30/h7-14,23-24,29-30,33-34H,15-22H2,1-6H3,(H,47,49)(H,48,50)(H,51,53)(H,52,54)/t33-,34-/m1/s1. The predicted octanol–water partition coefficient (Wildman–Crippen LogP) is 10.9. The smallest absolute Gasteiger partial charge is 0.408 e. The lowest BCUT2D eigenvalue weighted by molar-refractivity contribution is -0.0661. The van der Waals surface area contributed by atoms with Crippen molar-refractivity contribution in [2.24, 2.45) is 10.8 Å². The summed E-state index contributed by atoms with van der Waals surface area (Å²) in [4.78, 5) is 41.7. The van der Waals surface area contributed by atoms with Gasteiger partial charge in [0.1, 0.15) is 23.9 Å². The summed E-state index contributed by atoms with van der Waals surface area (Å²) < 4.78 is 65.3. The number of halogens is 4. The number of alkyl carbamates (subject to hydrolysis) is 2. The number of carbonyl (C=O) groups excluding carboxylic acids is 2. The van der Waals surface area contributed by atoms with Crippen LogP contribution in [-0.4, -0.2) is 56.2 Å². The van der Waals surface area contributed by atoms with Crippen LogP contribution < -0.4 is 10.6 Å². The van der Waals surface area contributed by atoms with Gasteiger partial charge in [-0.25, -0.2) is 37.1 Å². The Morgan fingerprint density at radius 3 is 1.21 bits per heavy atom. The van der Waals surface area contributed by atoms with Crippen LogP contribution in [0, 0.1) is 10.8 Å². The average molecular weight is 781 g/mol. The fraction of sp³-hybridized carbons (Fsp3) is 0.524. The number of imidazole rings is 2. The number of amides is 2. The molecule has 0 aliphatic heterocycles. The number of nitrogens with zero attached hydrogens (tertiary/aromatic N) is 2. The van der Waals surface area contributed by atoms with Crippen molar-refractivity contribution in [3.05, 3.63) is 72.6 Å². The summed E-state index contributed by atoms with van der Waals surface area (Å²) in [5, 5.41) is 5.80. The van der Waals surface area contributed by atoms with Crippen LogP contribution in [0.3, 0.4) is 0 Å². The van der Waals surface area contributed by atoms with Crippen molar-refractivity contribution in [1.82, 2.24) is 30.6 Å². The number of carbonyl (C=O) groups is 2. The molecule has 2 fully saturated rings. The average Bonchev–Trinajstić information content (AvgIpc) is 3.82. The predicted molar refractivity (Wildman–Crippen MR) is 205 cm³/mol. The highest BCUT2D eigenvalue weighted by molar-refractivity contribution is 5.72. The van der Waals surface area contributed by atoms with Crippen LogP contribution in [0.5, 0.6) is 0 Å². The van der Waals surface area contributed by atoms with E-state index in [1.807, 2.05) is 90.1 Å². The highest BCUT2D eigenvalue weighted by Crippen LogP contribution is 2.38. The Bertz CT molecular complexity index is 1800. The second kappa shape index (κ2) is 15.9. The van der Waals surface area contributed by atoms with Gasteiger partial charge in [-0.15, -0.1) is 0 Å². The Labute approximate surface area is 325 Å². The van der Waals surface area contributed by atoms with Gasteiger partial charge in [-0.1, -0.05) is 90.1 Å². The first-order valence-electron chi connectivity index (χ1n) is 19.3. The Morgan fingerprint density at radius 2 is 0.911 bits per heavy atom. The molecule has 4 N–H and O–H groups in total. The molecule has 0 saturated heterocycles. The van der Waals surface area contributed by atoms with E-state index >= 15 is 0 Å². The van der Waals surface area contributed by atoms with Crippen molar-refractivity contribution in [3.8, 4) is 33.6 Å². The number of hydrogen-bond donors (Lipinski definition) is 4. The molecule has 2 aromatic heterocycles. The summed E-state index contributed by atoms with van der Waals surface area (Å²) >= 11 is 0. The number of aromatic amines is 2. The summed E-state index contributed by atoms with van der Waals surface area (Å²) in [6.45, 7) is 11.8. The molecule has 4 aromatic rings. The number of H-pyrrole nitrogens is 2. The highest BCUT2D eigenvalue weighted by atomic mass is 19.3. The molecule has 0 bridgehead atoms. The van der Waals surface area contributed by atoms with Gasteiger partial charge in [0.15, 0.2) is 0 Å². The van der Waals surface area contributed by atoms with Crippen molar-refractivity contribution in [3.63, 3.8) is 0 Å². The van der Waals surface area contributed by atoms with E-state index in [-0.39, 0.29) is 51.4 Å². The lowest BCUT2D eigenvalue weighted by Crippen LogP contribution is -2.40. The number of hydrogen-bond acceptors (Lipinski definition) is 6. The first kappa shape index (κ1) is 40.8. The number of alkyl halides is 4. The monoisotopic (exact) mass is 780 g/mol. The molecule has 2 aliphatic carbocycles. The van der Waals surface area contributed by atoms with Gasteiger partial charge in [0.05, 0.1) is 23.5 Å². The molecule has 2 amide bonds. The summed E-state index contributed by atoms with van der Waals surface area (Å²) in [5.41, 5.74) is 4.28. The normalized spacial score (nSPS) is 18.8. The fourth-order valence-corrected chi connectivity index (χ4v) is 7.19. The third-order valence-corrected chi connectivity index (χ3v) is 10.6. The Balaban J connectivity index is 1.08. The molecule has 2 aromatic carbocycles. The lowest BCUT2D eigenvalue weighted by atomic mass is 9.86. The molecule has 6 rings (SSSR count). The van der Waals surface area contributed by atoms with Gasteiger partial charge >= 0.3 is 12.2 Å². The van der Waals surface area contributed by atoms with Crippen molar-refractivity contribution >= 4 is 12.2 Å². The largest absolute Gasteiger partial charge is 0.446 e. The number of aromatic nitrogens is 4. The summed E-state index contributed by atoms with van der Waals surface area (Å²) in [6, 6.07) is 14.9. The number of ether oxygens (including phenoxy) is 2. The van der Waals surface area contributed by atoms with Crippen LogP contribution >= 0.6 is 0 Å². The fourth-order valence-electron chi connectivity index (χ4n) is 7.19. The summed E-state index contributed by atoms with van der Waals surface area (Å²) in [5.74, 6) is -4.29. The Morgan fingerprint density at radius 1 is 0.607 bits per heavy atom. The van der Waals surface area contributed by atoms with E-state index in [4.69, 9.17) is 19.4 Å². The minimum absolute atomic E-state index is 0.131. The van der Waals surface area contributed by atoms with Crippen LogP contribution in [0.2, 0.25) is 0 Å². The highest BCUT2D eigenvalue weighted by Gasteiger charge is 2.39. The van der Waals surface area contributed by atoms with Gasteiger partial charge < -0.3 is 30.1 Å². The molecule has 0 unspecified atom stereocenters. The van der Waals surface area contributed by atoms with E-state index in [1.165, 1.54) is 0 Å². The molecule has 0 spiro atoms. The molecule has 10 nitrogen and oxygen atoms in total. The number of nitrogens with one attached hydrogen (secondary N) is 4. The van der Waals surface area contributed by atoms with Crippen molar-refractivity contribution in [2.75, 3.05) is 0 Å². The van der Waals surface area contributed by atoms with E-state index in [9.17, 15) is 27.2 Å². The zero-order valence-corrected chi connectivity index (χ0v) is 32.8. The van der Waals surface area contributed by atoms with E-state index in [0.29, 0.717) is 23.0 Å². The second-order valence-corrected chi connectivity index (χ2v) is 17.3. The first-order chi connectivity index (χ1) is 26.2. The maximum absolute atomic E-state index is 13.6. The minimum Gasteiger partial charge on any atom is -0.446 e. The van der Waals surface area contributed by atoms with Gasteiger partial charge in [-0.3, -0.25) is 0 Å². The van der Waals surface area contributed by atoms with Crippen LogP contribution in [0.25, 0.3) is 33.6 Å². The molecule has 2 atom stereocenters. The van der Waals surface area contributed by atoms with Crippen LogP contribution in [0.4, 0.5) is 27.2 Å². The van der Waals surface area contributed by atoms with E-state index in [1.54, 1.807) is 12.4 Å². The third kappa shape index (κ3) is 10.3. The quantitative estimate of drug-likeness (QED) is 0.125. The number of benzene rings is 2. The van der Waals surface area contributed by atoms with Crippen molar-refractivity contribution in [1.29, 1.82) is 0 Å². The van der Waals surface area contributed by atoms with Crippen molar-refractivity contribution < 1.29 is 36.6 Å². The Hall–Kier alpha value is -4.88. The molecular weight excluding hydrogens is 728 g/mol.